The van der Waals surface area contributed by atoms with Gasteiger partial charge in [0.25, 0.3) is 0 Å². The molecule has 0 bridgehead atoms. The molecule has 0 saturated carbocycles. The van der Waals surface area contributed by atoms with Crippen molar-refractivity contribution in [1.29, 1.82) is 0 Å². The van der Waals surface area contributed by atoms with Crippen molar-refractivity contribution in [2.45, 2.75) is 0 Å². The minimum atomic E-state index is 0.923. The lowest BCUT2D eigenvalue weighted by Crippen LogP contribution is -1.93. The van der Waals surface area contributed by atoms with E-state index in [1.165, 1.54) is 0 Å². The first kappa shape index (κ1) is 13.9. The number of hydrogen-bond acceptors (Lipinski definition) is 2. The fourth-order valence-electron chi connectivity index (χ4n) is 3.25. The SMILES string of the molecule is c1ccc(-c2cn3c(n2)c(-c2ccccc2)cc2cccnc23)cc1. The molecular weight excluding hydrogens is 306 g/mol. The lowest BCUT2D eigenvalue weighted by Gasteiger charge is -2.07. The third-order valence-corrected chi connectivity index (χ3v) is 4.45. The van der Waals surface area contributed by atoms with Gasteiger partial charge in [-0.2, -0.15) is 0 Å². The molecule has 0 radical (unpaired) electrons. The molecule has 3 heterocycles. The van der Waals surface area contributed by atoms with Crippen LogP contribution in [0.5, 0.6) is 0 Å². The molecule has 118 valence electrons. The van der Waals surface area contributed by atoms with Gasteiger partial charge >= 0.3 is 0 Å². The van der Waals surface area contributed by atoms with Crippen LogP contribution < -0.4 is 0 Å². The van der Waals surface area contributed by atoms with E-state index < -0.39 is 0 Å². The normalized spacial score (nSPS) is 11.2. The van der Waals surface area contributed by atoms with Gasteiger partial charge in [-0.15, -0.1) is 0 Å². The minimum absolute atomic E-state index is 0.923. The largest absolute Gasteiger partial charge is 0.283 e. The highest BCUT2D eigenvalue weighted by Gasteiger charge is 2.13. The Balaban J connectivity index is 1.88. The van der Waals surface area contributed by atoms with Crippen molar-refractivity contribution in [3.8, 4) is 22.4 Å². The lowest BCUT2D eigenvalue weighted by atomic mass is 10.1. The Hall–Kier alpha value is -3.46. The summed E-state index contributed by atoms with van der Waals surface area (Å²) >= 11 is 0. The zero-order valence-electron chi connectivity index (χ0n) is 13.5. The van der Waals surface area contributed by atoms with E-state index in [-0.39, 0.29) is 0 Å². The standard InChI is InChI=1S/C22H15N3/c1-3-8-16(9-4-1)19-14-18-12-7-13-23-21(18)25-15-20(24-22(19)25)17-10-5-2-6-11-17/h1-15H. The maximum atomic E-state index is 4.93. The predicted octanol–water partition coefficient (Wildman–Crippen LogP) is 5.22. The summed E-state index contributed by atoms with van der Waals surface area (Å²) in [5.74, 6) is 0. The highest BCUT2D eigenvalue weighted by molar-refractivity contribution is 5.91. The van der Waals surface area contributed by atoms with E-state index in [9.17, 15) is 0 Å². The summed E-state index contributed by atoms with van der Waals surface area (Å²) in [4.78, 5) is 9.51. The van der Waals surface area contributed by atoms with Gasteiger partial charge in [0.05, 0.1) is 5.69 Å². The van der Waals surface area contributed by atoms with E-state index in [1.54, 1.807) is 0 Å². The molecule has 3 nitrogen and oxygen atoms in total. The molecule has 25 heavy (non-hydrogen) atoms. The van der Waals surface area contributed by atoms with Crippen molar-refractivity contribution in [1.82, 2.24) is 14.4 Å². The van der Waals surface area contributed by atoms with E-state index in [2.05, 4.69) is 64.1 Å². The van der Waals surface area contributed by atoms with Gasteiger partial charge in [0.15, 0.2) is 0 Å². The first-order valence-electron chi connectivity index (χ1n) is 8.28. The summed E-state index contributed by atoms with van der Waals surface area (Å²) in [5, 5.41) is 1.10. The van der Waals surface area contributed by atoms with Crippen molar-refractivity contribution in [3.63, 3.8) is 0 Å². The molecule has 0 aliphatic rings. The number of hydrogen-bond donors (Lipinski definition) is 0. The monoisotopic (exact) mass is 321 g/mol. The zero-order valence-corrected chi connectivity index (χ0v) is 13.5. The van der Waals surface area contributed by atoms with Crippen LogP contribution in [0.1, 0.15) is 0 Å². The number of fused-ring (bicyclic) bond motifs is 3. The predicted molar refractivity (Wildman–Crippen MR) is 101 cm³/mol. The molecular formula is C22H15N3. The molecule has 0 aliphatic carbocycles. The Kier molecular flexibility index (Phi) is 3.10. The van der Waals surface area contributed by atoms with Gasteiger partial charge in [0, 0.05) is 28.9 Å². The molecule has 3 aromatic heterocycles. The second-order valence-electron chi connectivity index (χ2n) is 6.03. The van der Waals surface area contributed by atoms with Crippen LogP contribution in [-0.2, 0) is 0 Å². The zero-order chi connectivity index (χ0) is 16.6. The van der Waals surface area contributed by atoms with Crippen molar-refractivity contribution >= 4 is 16.7 Å². The van der Waals surface area contributed by atoms with Crippen molar-refractivity contribution in [3.05, 3.63) is 91.3 Å². The van der Waals surface area contributed by atoms with Crippen LogP contribution in [0.2, 0.25) is 0 Å². The fraction of sp³-hybridized carbons (Fsp3) is 0. The number of nitrogens with zero attached hydrogens (tertiary/aromatic N) is 3. The van der Waals surface area contributed by atoms with Crippen LogP contribution in [-0.4, -0.2) is 14.4 Å². The molecule has 0 saturated heterocycles. The van der Waals surface area contributed by atoms with Crippen molar-refractivity contribution in [2.75, 3.05) is 0 Å². The Morgan fingerprint density at radius 3 is 2.16 bits per heavy atom. The maximum absolute atomic E-state index is 4.93. The molecule has 0 fully saturated rings. The van der Waals surface area contributed by atoms with Gasteiger partial charge in [-0.1, -0.05) is 60.7 Å². The van der Waals surface area contributed by atoms with E-state index >= 15 is 0 Å². The summed E-state index contributed by atoms with van der Waals surface area (Å²) < 4.78 is 2.10. The van der Waals surface area contributed by atoms with Gasteiger partial charge in [-0.3, -0.25) is 4.40 Å². The lowest BCUT2D eigenvalue weighted by molar-refractivity contribution is 1.19. The summed E-state index contributed by atoms with van der Waals surface area (Å²) in [6.45, 7) is 0. The van der Waals surface area contributed by atoms with Crippen molar-refractivity contribution in [2.24, 2.45) is 0 Å². The molecule has 0 aliphatic heterocycles. The smallest absolute Gasteiger partial charge is 0.147 e. The van der Waals surface area contributed by atoms with Gasteiger partial charge in [0.2, 0.25) is 0 Å². The topological polar surface area (TPSA) is 30.2 Å². The van der Waals surface area contributed by atoms with Crippen LogP contribution in [0.25, 0.3) is 39.1 Å². The Labute approximate surface area is 145 Å². The number of imidazole rings is 1. The number of aromatic nitrogens is 3. The Bertz CT molecular complexity index is 1180. The third-order valence-electron chi connectivity index (χ3n) is 4.45. The number of benzene rings is 2. The summed E-state index contributed by atoms with van der Waals surface area (Å²) in [6.07, 6.45) is 3.90. The third kappa shape index (κ3) is 2.29. The second-order valence-corrected chi connectivity index (χ2v) is 6.03. The first-order chi connectivity index (χ1) is 12.4. The van der Waals surface area contributed by atoms with E-state index in [0.717, 1.165) is 39.1 Å². The Morgan fingerprint density at radius 1 is 0.680 bits per heavy atom. The van der Waals surface area contributed by atoms with Crippen LogP contribution in [0, 0.1) is 0 Å². The van der Waals surface area contributed by atoms with Crippen LogP contribution >= 0.6 is 0 Å². The highest BCUT2D eigenvalue weighted by atomic mass is 15.0. The second kappa shape index (κ2) is 5.56. The molecule has 5 aromatic rings. The average molecular weight is 321 g/mol. The maximum Gasteiger partial charge on any atom is 0.147 e. The minimum Gasteiger partial charge on any atom is -0.283 e. The van der Waals surface area contributed by atoms with E-state index in [4.69, 9.17) is 4.98 Å². The fourth-order valence-corrected chi connectivity index (χ4v) is 3.25. The molecule has 2 aromatic carbocycles. The molecule has 3 heteroatoms. The molecule has 0 atom stereocenters. The number of pyridine rings is 2. The Morgan fingerprint density at radius 2 is 1.40 bits per heavy atom. The average Bonchev–Trinajstić information content (AvgIpc) is 3.14. The molecule has 5 rings (SSSR count). The molecule has 0 amide bonds. The van der Waals surface area contributed by atoms with Crippen LogP contribution in [0.15, 0.2) is 91.3 Å². The highest BCUT2D eigenvalue weighted by Crippen LogP contribution is 2.30. The summed E-state index contributed by atoms with van der Waals surface area (Å²) in [7, 11) is 0. The summed E-state index contributed by atoms with van der Waals surface area (Å²) in [5.41, 5.74) is 6.18. The van der Waals surface area contributed by atoms with E-state index in [0.29, 0.717) is 0 Å². The van der Waals surface area contributed by atoms with Crippen molar-refractivity contribution < 1.29 is 0 Å². The number of rotatable bonds is 2. The van der Waals surface area contributed by atoms with Crippen LogP contribution in [0.4, 0.5) is 0 Å². The summed E-state index contributed by atoms with van der Waals surface area (Å²) in [6, 6.07) is 26.9. The van der Waals surface area contributed by atoms with Gasteiger partial charge < -0.3 is 0 Å². The van der Waals surface area contributed by atoms with E-state index in [1.807, 2.05) is 36.5 Å². The quantitative estimate of drug-likeness (QED) is 0.446. The molecule has 0 unspecified atom stereocenters. The van der Waals surface area contributed by atoms with Gasteiger partial charge in [-0.25, -0.2) is 9.97 Å². The first-order valence-corrected chi connectivity index (χ1v) is 8.28. The van der Waals surface area contributed by atoms with Gasteiger partial charge in [0.1, 0.15) is 11.3 Å². The van der Waals surface area contributed by atoms with Gasteiger partial charge in [-0.05, 0) is 23.8 Å². The van der Waals surface area contributed by atoms with Crippen LogP contribution in [0.3, 0.4) is 0 Å². The molecule has 0 N–H and O–H groups in total. The molecule has 0 spiro atoms.